The molecule has 0 aromatic heterocycles. The molecular weight excluding hydrogens is 307 g/mol. The van der Waals surface area contributed by atoms with Crippen molar-refractivity contribution < 1.29 is 59.6 Å². The lowest BCUT2D eigenvalue weighted by Gasteiger charge is -2.05. The van der Waals surface area contributed by atoms with Crippen molar-refractivity contribution >= 4 is 0 Å². The second-order valence-electron chi connectivity index (χ2n) is 3.00. The van der Waals surface area contributed by atoms with Crippen LogP contribution in [0.5, 0.6) is 0 Å². The van der Waals surface area contributed by atoms with Gasteiger partial charge in [-0.3, -0.25) is 4.70 Å². The van der Waals surface area contributed by atoms with Crippen LogP contribution in [0, 0.1) is 5.41 Å². The quantitative estimate of drug-likeness (QED) is 0.412. The van der Waals surface area contributed by atoms with Crippen LogP contribution >= 0.6 is 0 Å². The summed E-state index contributed by atoms with van der Waals surface area (Å²) in [6.07, 6.45) is 0. The van der Waals surface area contributed by atoms with Gasteiger partial charge in [-0.15, -0.1) is 0 Å². The molecule has 0 aliphatic carbocycles. The monoisotopic (exact) mass is 320 g/mol. The molecule has 0 aromatic rings. The minimum atomic E-state index is 0. The average molecular weight is 320 g/mol. The van der Waals surface area contributed by atoms with Crippen LogP contribution in [0.2, 0.25) is 0 Å². The molecule has 0 nitrogen and oxygen atoms in total. The summed E-state index contributed by atoms with van der Waals surface area (Å²) in [6, 6.07) is 0. The second kappa shape index (κ2) is 141. The van der Waals surface area contributed by atoms with Gasteiger partial charge in [0, 0.05) is 54.9 Å². The van der Waals surface area contributed by atoms with Crippen molar-refractivity contribution in [1.29, 1.82) is 0 Å². The molecule has 0 spiro atoms. The Morgan fingerprint density at radius 2 is 0.389 bits per heavy atom. The van der Waals surface area contributed by atoms with E-state index in [9.17, 15) is 0 Å². The average Bonchev–Trinajstić information content (AvgIpc) is 2.41. The van der Waals surface area contributed by atoms with E-state index in [0.29, 0.717) is 5.41 Å². The number of halogens is 13. The first-order valence-corrected chi connectivity index (χ1v) is 2.86. The van der Waals surface area contributed by atoms with Gasteiger partial charge in [0.2, 0.25) is 0 Å². The fourth-order valence-electron chi connectivity index (χ4n) is 0. The predicted molar refractivity (Wildman–Crippen MR) is 40.9 cm³/mol. The lowest BCUT2D eigenvalue weighted by molar-refractivity contribution is 0.108. The Bertz CT molecular complexity index is 30.9. The van der Waals surface area contributed by atoms with Crippen LogP contribution in [0.3, 0.4) is 0 Å². The number of rotatable bonds is 0. The van der Waals surface area contributed by atoms with Gasteiger partial charge in [0.1, 0.15) is 0 Å². The highest BCUT2D eigenvalue weighted by Crippen LogP contribution is 2.07. The Hall–Kier alpha value is -0.910. The van der Waals surface area contributed by atoms with E-state index < -0.39 is 0 Å². The summed E-state index contributed by atoms with van der Waals surface area (Å²) in [5.74, 6) is 0. The van der Waals surface area contributed by atoms with Gasteiger partial charge < -0.3 is 0 Å². The van der Waals surface area contributed by atoms with Gasteiger partial charge in [-0.1, -0.05) is 27.7 Å². The van der Waals surface area contributed by atoms with Gasteiger partial charge in [-0.2, -0.15) is 0 Å². The summed E-state index contributed by atoms with van der Waals surface area (Å²) in [7, 11) is 0. The summed E-state index contributed by atoms with van der Waals surface area (Å²) in [6.45, 7) is 8.75. The van der Waals surface area contributed by atoms with Crippen LogP contribution in [0.1, 0.15) is 27.7 Å². The first kappa shape index (κ1) is 53.5. The Morgan fingerprint density at radius 1 is 0.389 bits per heavy atom. The van der Waals surface area contributed by atoms with E-state index in [2.05, 4.69) is 27.7 Å². The molecule has 0 aliphatic rings. The Kier molecular flexibility index (Phi) is 421. The predicted octanol–water partition coefficient (Wildman–Crippen LogP) is 7.25. The SMILES string of the molecule is CC(C)(C)C.F.FF.FF.FF.FF.FF.FF. The largest absolute Gasteiger partial charge is 0.269 e. The van der Waals surface area contributed by atoms with E-state index in [4.69, 9.17) is 54.9 Å². The molecule has 0 aromatic carbocycles. The molecule has 0 fully saturated rings. The maximum Gasteiger partial charge on any atom is 0 e. The Labute approximate surface area is 94.1 Å². The summed E-state index contributed by atoms with van der Waals surface area (Å²) in [5, 5.41) is 0. The second-order valence-corrected chi connectivity index (χ2v) is 3.00. The molecular formula is C5H13F13. The number of hydrogen-bond acceptors (Lipinski definition) is 0. The topological polar surface area (TPSA) is 0 Å². The van der Waals surface area contributed by atoms with Crippen molar-refractivity contribution in [2.45, 2.75) is 27.7 Å². The van der Waals surface area contributed by atoms with Crippen molar-refractivity contribution in [3.8, 4) is 0 Å². The van der Waals surface area contributed by atoms with Crippen molar-refractivity contribution in [2.24, 2.45) is 5.41 Å². The van der Waals surface area contributed by atoms with Crippen LogP contribution < -0.4 is 0 Å². The fraction of sp³-hybridized carbons (Fsp3) is 1.00. The van der Waals surface area contributed by atoms with Crippen LogP contribution in [-0.2, 0) is 0 Å². The molecule has 0 bridgehead atoms. The first-order valence-electron chi connectivity index (χ1n) is 2.86. The highest BCUT2D eigenvalue weighted by molar-refractivity contribution is 4.47. The third-order valence-corrected chi connectivity index (χ3v) is 0. The molecule has 0 radical (unpaired) electrons. The molecule has 0 N–H and O–H groups in total. The maximum absolute atomic E-state index is 8.00. The summed E-state index contributed by atoms with van der Waals surface area (Å²) >= 11 is 0. The lowest BCUT2D eigenvalue weighted by atomic mass is 10.0. The smallest absolute Gasteiger partial charge is 0 e. The van der Waals surface area contributed by atoms with E-state index in [-0.39, 0.29) is 4.70 Å². The first-order chi connectivity index (χ1) is 8.00. The molecule has 0 aliphatic heterocycles. The van der Waals surface area contributed by atoms with Crippen LogP contribution in [0.25, 0.3) is 0 Å². The molecule has 0 saturated heterocycles. The third kappa shape index (κ3) is 3620. The van der Waals surface area contributed by atoms with Crippen molar-refractivity contribution in [2.75, 3.05) is 0 Å². The molecule has 0 heterocycles. The maximum atomic E-state index is 8.00. The minimum absolute atomic E-state index is 0. The van der Waals surface area contributed by atoms with Crippen molar-refractivity contribution in [1.82, 2.24) is 0 Å². The third-order valence-electron chi connectivity index (χ3n) is 0. The van der Waals surface area contributed by atoms with Gasteiger partial charge in [0.05, 0.1) is 0 Å². The molecule has 0 amide bonds. The van der Waals surface area contributed by atoms with E-state index >= 15 is 0 Å². The van der Waals surface area contributed by atoms with Gasteiger partial charge in [-0.05, 0) is 5.41 Å². The van der Waals surface area contributed by atoms with E-state index in [1.54, 1.807) is 0 Å². The zero-order valence-electron chi connectivity index (χ0n) is 9.44. The van der Waals surface area contributed by atoms with Crippen LogP contribution in [0.4, 0.5) is 59.6 Å². The zero-order valence-corrected chi connectivity index (χ0v) is 9.44. The molecule has 0 rings (SSSR count). The molecule has 124 valence electrons. The number of hydrogen-bond donors (Lipinski definition) is 0. The van der Waals surface area contributed by atoms with E-state index in [1.165, 1.54) is 0 Å². The molecule has 0 atom stereocenters. The van der Waals surface area contributed by atoms with Crippen molar-refractivity contribution in [3.05, 3.63) is 0 Å². The van der Waals surface area contributed by atoms with Crippen molar-refractivity contribution in [3.63, 3.8) is 0 Å². The Morgan fingerprint density at radius 3 is 0.389 bits per heavy atom. The van der Waals surface area contributed by atoms with Gasteiger partial charge in [0.25, 0.3) is 0 Å². The standard InChI is InChI=1S/C5H12.6F2.FH/c1-5(2,3)4;6*1-2;/h1-4H3;;;;;;;1H. The minimum Gasteiger partial charge on any atom is -0.269 e. The molecule has 13 heteroatoms. The van der Waals surface area contributed by atoms with Crippen LogP contribution in [0.15, 0.2) is 0 Å². The van der Waals surface area contributed by atoms with Gasteiger partial charge in [0.15, 0.2) is 0 Å². The summed E-state index contributed by atoms with van der Waals surface area (Å²) < 4.78 is 96.0. The summed E-state index contributed by atoms with van der Waals surface area (Å²) in [5.41, 5.74) is 0.500. The highest BCUT2D eigenvalue weighted by atomic mass is 20.0. The molecule has 0 unspecified atom stereocenters. The zero-order chi connectivity index (χ0) is 16.5. The molecule has 0 saturated carbocycles. The highest BCUT2D eigenvalue weighted by Gasteiger charge is 1.95. The lowest BCUT2D eigenvalue weighted by Crippen LogP contribution is -1.93. The van der Waals surface area contributed by atoms with E-state index in [0.717, 1.165) is 0 Å². The molecule has 18 heavy (non-hydrogen) atoms. The van der Waals surface area contributed by atoms with Gasteiger partial charge >= 0.3 is 0 Å². The van der Waals surface area contributed by atoms with Gasteiger partial charge in [-0.25, -0.2) is 0 Å². The van der Waals surface area contributed by atoms with Crippen LogP contribution in [-0.4, -0.2) is 0 Å². The normalized spacial score (nSPS) is 5.33. The van der Waals surface area contributed by atoms with E-state index in [1.807, 2.05) is 0 Å². The summed E-state index contributed by atoms with van der Waals surface area (Å²) in [4.78, 5) is 0. The Balaban J connectivity index is -0.0000000114. The fourth-order valence-corrected chi connectivity index (χ4v) is 0.